The lowest BCUT2D eigenvalue weighted by atomic mass is 10.0. The van der Waals surface area contributed by atoms with Crippen LogP contribution in [0.2, 0.25) is 0 Å². The predicted octanol–water partition coefficient (Wildman–Crippen LogP) is 4.15. The van der Waals surface area contributed by atoms with Crippen LogP contribution >= 0.6 is 0 Å². The van der Waals surface area contributed by atoms with Gasteiger partial charge in [0.15, 0.2) is 11.5 Å². The molecule has 0 radical (unpaired) electrons. The molecule has 4 rings (SSSR count). The SMILES string of the molecule is COc1ccc(-c2cc(C(=O)NCCNC(=O)Cc3ccc(F)cc3)c3ccccc3n2)cc1OC. The van der Waals surface area contributed by atoms with Crippen molar-refractivity contribution in [1.29, 1.82) is 0 Å². The van der Waals surface area contributed by atoms with Crippen LogP contribution in [0, 0.1) is 5.82 Å². The monoisotopic (exact) mass is 487 g/mol. The van der Waals surface area contributed by atoms with Crippen molar-refractivity contribution in [3.63, 3.8) is 0 Å². The molecule has 0 saturated heterocycles. The Morgan fingerprint density at radius 1 is 0.861 bits per heavy atom. The molecule has 2 N–H and O–H groups in total. The first-order valence-corrected chi connectivity index (χ1v) is 11.4. The van der Waals surface area contributed by atoms with Crippen LogP contribution in [0.25, 0.3) is 22.2 Å². The topological polar surface area (TPSA) is 89.6 Å². The van der Waals surface area contributed by atoms with E-state index in [0.29, 0.717) is 33.8 Å². The minimum Gasteiger partial charge on any atom is -0.493 e. The summed E-state index contributed by atoms with van der Waals surface area (Å²) in [7, 11) is 3.13. The zero-order valence-electron chi connectivity index (χ0n) is 20.0. The second-order valence-electron chi connectivity index (χ2n) is 8.05. The molecular formula is C28H26FN3O4. The van der Waals surface area contributed by atoms with Crippen molar-refractivity contribution in [2.24, 2.45) is 0 Å². The molecule has 0 bridgehead atoms. The minimum absolute atomic E-state index is 0.137. The van der Waals surface area contributed by atoms with Gasteiger partial charge in [0.2, 0.25) is 5.91 Å². The average Bonchev–Trinajstić information content (AvgIpc) is 2.91. The number of nitrogens with zero attached hydrogens (tertiary/aromatic N) is 1. The highest BCUT2D eigenvalue weighted by Crippen LogP contribution is 2.33. The maximum absolute atomic E-state index is 13.1. The van der Waals surface area contributed by atoms with E-state index in [2.05, 4.69) is 10.6 Å². The van der Waals surface area contributed by atoms with Crippen molar-refractivity contribution in [2.75, 3.05) is 27.3 Å². The fourth-order valence-electron chi connectivity index (χ4n) is 3.83. The van der Waals surface area contributed by atoms with Crippen LogP contribution in [0.4, 0.5) is 4.39 Å². The number of methoxy groups -OCH3 is 2. The summed E-state index contributed by atoms with van der Waals surface area (Å²) in [5.41, 5.74) is 3.27. The summed E-state index contributed by atoms with van der Waals surface area (Å²) in [6, 6.07) is 20.4. The van der Waals surface area contributed by atoms with Gasteiger partial charge in [0, 0.05) is 24.0 Å². The number of fused-ring (bicyclic) bond motifs is 1. The third kappa shape index (κ3) is 5.78. The van der Waals surface area contributed by atoms with Crippen LogP contribution in [0.3, 0.4) is 0 Å². The molecule has 4 aromatic rings. The number of nitrogens with one attached hydrogen (secondary N) is 2. The van der Waals surface area contributed by atoms with Gasteiger partial charge in [-0.2, -0.15) is 0 Å². The molecule has 0 atom stereocenters. The van der Waals surface area contributed by atoms with E-state index in [4.69, 9.17) is 14.5 Å². The molecule has 36 heavy (non-hydrogen) atoms. The smallest absolute Gasteiger partial charge is 0.252 e. The van der Waals surface area contributed by atoms with E-state index in [1.807, 2.05) is 36.4 Å². The van der Waals surface area contributed by atoms with E-state index in [1.165, 1.54) is 12.1 Å². The van der Waals surface area contributed by atoms with Crippen LogP contribution < -0.4 is 20.1 Å². The largest absolute Gasteiger partial charge is 0.493 e. The molecule has 184 valence electrons. The highest BCUT2D eigenvalue weighted by Gasteiger charge is 2.15. The van der Waals surface area contributed by atoms with Gasteiger partial charge in [-0.15, -0.1) is 0 Å². The molecule has 1 aromatic heterocycles. The number of para-hydroxylation sites is 1. The fourth-order valence-corrected chi connectivity index (χ4v) is 3.83. The van der Waals surface area contributed by atoms with Crippen molar-refractivity contribution in [3.8, 4) is 22.8 Å². The average molecular weight is 488 g/mol. The second-order valence-corrected chi connectivity index (χ2v) is 8.05. The zero-order chi connectivity index (χ0) is 25.5. The van der Waals surface area contributed by atoms with Crippen LogP contribution in [0.1, 0.15) is 15.9 Å². The van der Waals surface area contributed by atoms with E-state index < -0.39 is 0 Å². The molecule has 0 fully saturated rings. The van der Waals surface area contributed by atoms with Gasteiger partial charge in [-0.05, 0) is 48.0 Å². The van der Waals surface area contributed by atoms with Crippen LogP contribution in [-0.4, -0.2) is 44.1 Å². The Kier molecular flexibility index (Phi) is 7.75. The summed E-state index contributed by atoms with van der Waals surface area (Å²) < 4.78 is 23.7. The van der Waals surface area contributed by atoms with Gasteiger partial charge in [-0.3, -0.25) is 9.59 Å². The van der Waals surface area contributed by atoms with Crippen LogP contribution in [0.5, 0.6) is 11.5 Å². The summed E-state index contributed by atoms with van der Waals surface area (Å²) in [6.07, 6.45) is 0.137. The summed E-state index contributed by atoms with van der Waals surface area (Å²) in [4.78, 5) is 30.0. The molecular weight excluding hydrogens is 461 g/mol. The summed E-state index contributed by atoms with van der Waals surface area (Å²) in [5, 5.41) is 6.35. The van der Waals surface area contributed by atoms with Gasteiger partial charge >= 0.3 is 0 Å². The number of benzene rings is 3. The first kappa shape index (κ1) is 24.7. The maximum atomic E-state index is 13.1. The number of hydrogen-bond donors (Lipinski definition) is 2. The number of halogens is 1. The highest BCUT2D eigenvalue weighted by atomic mass is 19.1. The third-order valence-electron chi connectivity index (χ3n) is 5.65. The number of aromatic nitrogens is 1. The van der Waals surface area contributed by atoms with Gasteiger partial charge in [0.05, 0.1) is 37.4 Å². The Balaban J connectivity index is 1.46. The molecule has 0 spiro atoms. The van der Waals surface area contributed by atoms with Gasteiger partial charge in [-0.1, -0.05) is 30.3 Å². The van der Waals surface area contributed by atoms with E-state index in [1.54, 1.807) is 38.5 Å². The molecule has 0 aliphatic rings. The Morgan fingerprint density at radius 2 is 1.58 bits per heavy atom. The number of amides is 2. The molecule has 0 aliphatic heterocycles. The van der Waals surface area contributed by atoms with Crippen molar-refractivity contribution in [2.45, 2.75) is 6.42 Å². The summed E-state index contributed by atoms with van der Waals surface area (Å²) in [5.74, 6) is 0.331. The van der Waals surface area contributed by atoms with Crippen LogP contribution in [-0.2, 0) is 11.2 Å². The van der Waals surface area contributed by atoms with E-state index in [-0.39, 0.29) is 37.1 Å². The number of ether oxygens (including phenoxy) is 2. The zero-order valence-corrected chi connectivity index (χ0v) is 20.0. The Bertz CT molecular complexity index is 1390. The molecule has 7 nitrogen and oxygen atoms in total. The van der Waals surface area contributed by atoms with E-state index >= 15 is 0 Å². The lowest BCUT2D eigenvalue weighted by Crippen LogP contribution is -2.35. The Hall–Kier alpha value is -4.46. The summed E-state index contributed by atoms with van der Waals surface area (Å²) >= 11 is 0. The highest BCUT2D eigenvalue weighted by molar-refractivity contribution is 6.07. The Labute approximate surface area is 208 Å². The maximum Gasteiger partial charge on any atom is 0.252 e. The van der Waals surface area contributed by atoms with Crippen molar-refractivity contribution < 1.29 is 23.5 Å². The molecule has 0 unspecified atom stereocenters. The molecule has 0 saturated carbocycles. The number of pyridine rings is 1. The van der Waals surface area contributed by atoms with Crippen LogP contribution in [0.15, 0.2) is 72.8 Å². The second kappa shape index (κ2) is 11.3. The van der Waals surface area contributed by atoms with Crippen molar-refractivity contribution >= 4 is 22.7 Å². The van der Waals surface area contributed by atoms with Gasteiger partial charge in [0.1, 0.15) is 5.82 Å². The number of carbonyl (C=O) groups excluding carboxylic acids is 2. The standard InChI is InChI=1S/C28H26FN3O4/c1-35-25-12-9-19(16-26(25)36-2)24-17-22(21-5-3-4-6-23(21)32-24)28(34)31-14-13-30-27(33)15-18-7-10-20(29)11-8-18/h3-12,16-17H,13-15H2,1-2H3,(H,30,33)(H,31,34). The van der Waals surface area contributed by atoms with Crippen molar-refractivity contribution in [1.82, 2.24) is 15.6 Å². The number of rotatable bonds is 9. The lowest BCUT2D eigenvalue weighted by Gasteiger charge is -2.13. The normalized spacial score (nSPS) is 10.6. The van der Waals surface area contributed by atoms with Crippen molar-refractivity contribution in [3.05, 3.63) is 89.7 Å². The van der Waals surface area contributed by atoms with E-state index in [9.17, 15) is 14.0 Å². The molecule has 0 aliphatic carbocycles. The quantitative estimate of drug-likeness (QED) is 0.346. The predicted molar refractivity (Wildman–Crippen MR) is 136 cm³/mol. The summed E-state index contributed by atoms with van der Waals surface area (Å²) in [6.45, 7) is 0.508. The van der Waals surface area contributed by atoms with Gasteiger partial charge in [-0.25, -0.2) is 9.37 Å². The minimum atomic E-state index is -0.347. The molecule has 3 aromatic carbocycles. The Morgan fingerprint density at radius 3 is 2.33 bits per heavy atom. The third-order valence-corrected chi connectivity index (χ3v) is 5.65. The lowest BCUT2D eigenvalue weighted by molar-refractivity contribution is -0.120. The molecule has 2 amide bonds. The molecule has 8 heteroatoms. The number of carbonyl (C=O) groups is 2. The van der Waals surface area contributed by atoms with Gasteiger partial charge in [0.25, 0.3) is 5.91 Å². The first-order valence-electron chi connectivity index (χ1n) is 11.4. The molecule has 1 heterocycles. The fraction of sp³-hybridized carbons (Fsp3) is 0.179. The van der Waals surface area contributed by atoms with E-state index in [0.717, 1.165) is 10.9 Å². The van der Waals surface area contributed by atoms with Gasteiger partial charge < -0.3 is 20.1 Å². The number of hydrogen-bond acceptors (Lipinski definition) is 5. The first-order chi connectivity index (χ1) is 17.5.